The first-order valence-electron chi connectivity index (χ1n) is 6.42. The number of methoxy groups -OCH3 is 1. The van der Waals surface area contributed by atoms with Crippen LogP contribution in [0.15, 0.2) is 51.8 Å². The molecule has 0 radical (unpaired) electrons. The van der Waals surface area contributed by atoms with Crippen LogP contribution < -0.4 is 10.1 Å². The molecule has 2 aromatic rings. The van der Waals surface area contributed by atoms with Crippen LogP contribution in [0.5, 0.6) is 5.75 Å². The number of rotatable bonds is 5. The number of aryl methyl sites for hydroxylation is 1. The molecule has 0 bridgehead atoms. The normalized spacial score (nSPS) is 10.2. The quantitative estimate of drug-likeness (QED) is 0.792. The van der Waals surface area contributed by atoms with Gasteiger partial charge in [-0.1, -0.05) is 28.1 Å². The van der Waals surface area contributed by atoms with Crippen LogP contribution in [0, 0.1) is 6.92 Å². The molecular weight excluding hydrogens is 350 g/mol. The van der Waals surface area contributed by atoms with Crippen molar-refractivity contribution in [3.63, 3.8) is 0 Å². The number of amides is 1. The first-order valence-corrected chi connectivity index (χ1v) is 8.20. The van der Waals surface area contributed by atoms with Gasteiger partial charge >= 0.3 is 0 Å². The molecule has 110 valence electrons. The van der Waals surface area contributed by atoms with Crippen LogP contribution >= 0.6 is 27.7 Å². The van der Waals surface area contributed by atoms with E-state index in [1.807, 2.05) is 49.4 Å². The summed E-state index contributed by atoms with van der Waals surface area (Å²) in [4.78, 5) is 13.1. The van der Waals surface area contributed by atoms with E-state index in [2.05, 4.69) is 21.2 Å². The Morgan fingerprint density at radius 3 is 2.76 bits per heavy atom. The number of carbonyl (C=O) groups excluding carboxylic acids is 1. The molecule has 2 aromatic carbocycles. The van der Waals surface area contributed by atoms with Gasteiger partial charge in [0.2, 0.25) is 5.91 Å². The predicted octanol–water partition coefficient (Wildman–Crippen LogP) is 4.50. The van der Waals surface area contributed by atoms with E-state index in [4.69, 9.17) is 4.74 Å². The van der Waals surface area contributed by atoms with E-state index < -0.39 is 0 Å². The number of ether oxygens (including phenoxy) is 1. The summed E-state index contributed by atoms with van der Waals surface area (Å²) in [6, 6.07) is 13.4. The number of nitrogens with one attached hydrogen (secondary N) is 1. The number of para-hydroxylation sites is 2. The highest BCUT2D eigenvalue weighted by molar-refractivity contribution is 9.10. The molecule has 0 fully saturated rings. The molecule has 2 rings (SSSR count). The van der Waals surface area contributed by atoms with Gasteiger partial charge in [-0.2, -0.15) is 0 Å². The molecule has 0 unspecified atom stereocenters. The Labute approximate surface area is 137 Å². The molecule has 3 nitrogen and oxygen atoms in total. The molecule has 0 atom stereocenters. The number of anilines is 1. The van der Waals surface area contributed by atoms with Crippen molar-refractivity contribution in [2.45, 2.75) is 11.8 Å². The van der Waals surface area contributed by atoms with Crippen LogP contribution in [0.2, 0.25) is 0 Å². The molecule has 0 heterocycles. The zero-order chi connectivity index (χ0) is 15.2. The number of thioether (sulfide) groups is 1. The number of hydrogen-bond donors (Lipinski definition) is 1. The fourth-order valence-corrected chi connectivity index (χ4v) is 3.14. The fourth-order valence-electron chi connectivity index (χ4n) is 1.85. The number of hydrogen-bond acceptors (Lipinski definition) is 3. The summed E-state index contributed by atoms with van der Waals surface area (Å²) in [5.74, 6) is 0.975. The van der Waals surface area contributed by atoms with Crippen LogP contribution in [-0.2, 0) is 4.79 Å². The van der Waals surface area contributed by atoms with Gasteiger partial charge in [0.05, 0.1) is 18.6 Å². The highest BCUT2D eigenvalue weighted by Crippen LogP contribution is 2.26. The SMILES string of the molecule is COc1ccccc1NC(=O)CSc1ccc(Br)cc1C. The summed E-state index contributed by atoms with van der Waals surface area (Å²) in [6.07, 6.45) is 0. The third kappa shape index (κ3) is 4.51. The van der Waals surface area contributed by atoms with Gasteiger partial charge in [-0.3, -0.25) is 4.79 Å². The Bertz CT molecular complexity index is 646. The van der Waals surface area contributed by atoms with Gasteiger partial charge in [0.25, 0.3) is 0 Å². The lowest BCUT2D eigenvalue weighted by Gasteiger charge is -2.10. The highest BCUT2D eigenvalue weighted by Gasteiger charge is 2.08. The van der Waals surface area contributed by atoms with Crippen LogP contribution in [0.4, 0.5) is 5.69 Å². The Hall–Kier alpha value is -1.46. The molecule has 0 aliphatic heterocycles. The first-order chi connectivity index (χ1) is 10.1. The van der Waals surface area contributed by atoms with Crippen molar-refractivity contribution < 1.29 is 9.53 Å². The van der Waals surface area contributed by atoms with Crippen molar-refractivity contribution in [3.05, 3.63) is 52.5 Å². The maximum absolute atomic E-state index is 12.0. The van der Waals surface area contributed by atoms with Crippen LogP contribution in [0.3, 0.4) is 0 Å². The Kier molecular flexibility index (Phi) is 5.70. The minimum Gasteiger partial charge on any atom is -0.495 e. The largest absolute Gasteiger partial charge is 0.495 e. The summed E-state index contributed by atoms with van der Waals surface area (Å²) in [5, 5.41) is 2.87. The Balaban J connectivity index is 1.96. The first kappa shape index (κ1) is 15.9. The van der Waals surface area contributed by atoms with Crippen molar-refractivity contribution in [1.29, 1.82) is 0 Å². The van der Waals surface area contributed by atoms with E-state index in [0.29, 0.717) is 17.2 Å². The van der Waals surface area contributed by atoms with Crippen molar-refractivity contribution in [1.82, 2.24) is 0 Å². The van der Waals surface area contributed by atoms with Crippen molar-refractivity contribution in [3.8, 4) is 5.75 Å². The summed E-state index contributed by atoms with van der Waals surface area (Å²) >= 11 is 4.96. The molecule has 0 aliphatic carbocycles. The molecular formula is C16H16BrNO2S. The number of halogens is 1. The molecule has 0 aromatic heterocycles. The minimum absolute atomic E-state index is 0.0492. The lowest BCUT2D eigenvalue weighted by atomic mass is 10.2. The number of benzene rings is 2. The molecule has 1 amide bonds. The maximum Gasteiger partial charge on any atom is 0.234 e. The second kappa shape index (κ2) is 7.52. The van der Waals surface area contributed by atoms with Gasteiger partial charge in [0.15, 0.2) is 0 Å². The topological polar surface area (TPSA) is 38.3 Å². The minimum atomic E-state index is -0.0492. The molecule has 0 saturated carbocycles. The standard InChI is InChI=1S/C16H16BrNO2S/c1-11-9-12(17)7-8-15(11)21-10-16(19)18-13-5-3-4-6-14(13)20-2/h3-9H,10H2,1-2H3,(H,18,19). The van der Waals surface area contributed by atoms with Crippen LogP contribution in [-0.4, -0.2) is 18.8 Å². The van der Waals surface area contributed by atoms with Gasteiger partial charge in [-0.15, -0.1) is 11.8 Å². The van der Waals surface area contributed by atoms with Gasteiger partial charge in [0, 0.05) is 9.37 Å². The lowest BCUT2D eigenvalue weighted by Crippen LogP contribution is -2.14. The second-order valence-electron chi connectivity index (χ2n) is 4.45. The number of carbonyl (C=O) groups is 1. The van der Waals surface area contributed by atoms with Crippen LogP contribution in [0.1, 0.15) is 5.56 Å². The average molecular weight is 366 g/mol. The van der Waals surface area contributed by atoms with E-state index in [0.717, 1.165) is 14.9 Å². The zero-order valence-electron chi connectivity index (χ0n) is 11.9. The summed E-state index contributed by atoms with van der Waals surface area (Å²) in [6.45, 7) is 2.03. The van der Waals surface area contributed by atoms with Crippen molar-refractivity contribution in [2.24, 2.45) is 0 Å². The van der Waals surface area contributed by atoms with Crippen molar-refractivity contribution >= 4 is 39.3 Å². The van der Waals surface area contributed by atoms with E-state index in [9.17, 15) is 4.79 Å². The summed E-state index contributed by atoms with van der Waals surface area (Å²) in [5.41, 5.74) is 1.84. The lowest BCUT2D eigenvalue weighted by molar-refractivity contribution is -0.113. The smallest absolute Gasteiger partial charge is 0.234 e. The van der Waals surface area contributed by atoms with Crippen LogP contribution in [0.25, 0.3) is 0 Å². The third-order valence-corrected chi connectivity index (χ3v) is 4.55. The highest BCUT2D eigenvalue weighted by atomic mass is 79.9. The maximum atomic E-state index is 12.0. The van der Waals surface area contributed by atoms with E-state index in [-0.39, 0.29) is 5.91 Å². The molecule has 5 heteroatoms. The monoisotopic (exact) mass is 365 g/mol. The molecule has 0 saturated heterocycles. The van der Waals surface area contributed by atoms with Crippen molar-refractivity contribution in [2.75, 3.05) is 18.2 Å². The predicted molar refractivity (Wildman–Crippen MR) is 91.2 cm³/mol. The fraction of sp³-hybridized carbons (Fsp3) is 0.188. The molecule has 0 aliphatic rings. The Morgan fingerprint density at radius 2 is 2.05 bits per heavy atom. The molecule has 21 heavy (non-hydrogen) atoms. The van der Waals surface area contributed by atoms with E-state index >= 15 is 0 Å². The zero-order valence-corrected chi connectivity index (χ0v) is 14.3. The molecule has 0 spiro atoms. The van der Waals surface area contributed by atoms with E-state index in [1.54, 1.807) is 7.11 Å². The summed E-state index contributed by atoms with van der Waals surface area (Å²) < 4.78 is 6.26. The van der Waals surface area contributed by atoms with E-state index in [1.165, 1.54) is 11.8 Å². The molecule has 1 N–H and O–H groups in total. The van der Waals surface area contributed by atoms with Gasteiger partial charge in [-0.25, -0.2) is 0 Å². The third-order valence-electron chi connectivity index (χ3n) is 2.88. The van der Waals surface area contributed by atoms with Gasteiger partial charge < -0.3 is 10.1 Å². The summed E-state index contributed by atoms with van der Waals surface area (Å²) in [7, 11) is 1.59. The van der Waals surface area contributed by atoms with Gasteiger partial charge in [-0.05, 0) is 42.8 Å². The average Bonchev–Trinajstić information content (AvgIpc) is 2.47. The second-order valence-corrected chi connectivity index (χ2v) is 6.38. The Morgan fingerprint density at radius 1 is 1.29 bits per heavy atom. The van der Waals surface area contributed by atoms with Gasteiger partial charge in [0.1, 0.15) is 5.75 Å².